The number of anilines is 1. The molecule has 0 fully saturated rings. The van der Waals surface area contributed by atoms with Gasteiger partial charge in [0.15, 0.2) is 11.7 Å². The van der Waals surface area contributed by atoms with Crippen molar-refractivity contribution < 1.29 is 17.9 Å². The van der Waals surface area contributed by atoms with Gasteiger partial charge in [0.25, 0.3) is 0 Å². The van der Waals surface area contributed by atoms with E-state index < -0.39 is 6.36 Å². The molecular weight excluding hydrogens is 345 g/mol. The molecule has 0 radical (unpaired) electrons. The molecule has 0 aliphatic carbocycles. The van der Waals surface area contributed by atoms with Crippen molar-refractivity contribution in [3.63, 3.8) is 0 Å². The van der Waals surface area contributed by atoms with Gasteiger partial charge in [0, 0.05) is 6.54 Å². The Morgan fingerprint density at radius 2 is 1.69 bits per heavy atom. The van der Waals surface area contributed by atoms with Crippen molar-refractivity contribution in [1.82, 2.24) is 4.90 Å². The molecule has 0 aliphatic heterocycles. The van der Waals surface area contributed by atoms with E-state index in [0.29, 0.717) is 6.54 Å². The van der Waals surface area contributed by atoms with E-state index in [9.17, 15) is 13.2 Å². The molecule has 26 heavy (non-hydrogen) atoms. The van der Waals surface area contributed by atoms with Crippen LogP contribution in [0.4, 0.5) is 18.9 Å². The van der Waals surface area contributed by atoms with Gasteiger partial charge in [-0.2, -0.15) is 0 Å². The molecule has 2 rings (SSSR count). The van der Waals surface area contributed by atoms with Crippen LogP contribution in [0.25, 0.3) is 0 Å². The molecule has 0 heterocycles. The summed E-state index contributed by atoms with van der Waals surface area (Å²) in [5.41, 5.74) is 7.98. The molecule has 2 aromatic rings. The number of hydrogen-bond donors (Lipinski definition) is 2. The fraction of sp³-hybridized carbons (Fsp3) is 0.278. The summed E-state index contributed by atoms with van der Waals surface area (Å²) in [6.07, 6.45) is -4.78. The minimum Gasteiger partial charge on any atom is -0.404 e. The first-order chi connectivity index (χ1) is 12.2. The number of nitrogens with two attached hydrogens (primary N) is 1. The molecule has 0 aliphatic rings. The molecule has 140 valence electrons. The van der Waals surface area contributed by atoms with Gasteiger partial charge < -0.3 is 20.7 Å². The third kappa shape index (κ3) is 6.64. The maximum Gasteiger partial charge on any atom is 0.573 e. The van der Waals surface area contributed by atoms with Crippen molar-refractivity contribution in [3.05, 3.63) is 59.7 Å². The summed E-state index contributed by atoms with van der Waals surface area (Å²) in [6, 6.07) is 13.5. The predicted molar refractivity (Wildman–Crippen MR) is 95.9 cm³/mol. The molecule has 0 saturated heterocycles. The van der Waals surface area contributed by atoms with Gasteiger partial charge in [0.1, 0.15) is 0 Å². The summed E-state index contributed by atoms with van der Waals surface area (Å²) in [5, 5.41) is 2.64. The van der Waals surface area contributed by atoms with E-state index in [1.165, 1.54) is 23.8 Å². The highest BCUT2D eigenvalue weighted by molar-refractivity contribution is 5.93. The molecule has 0 spiro atoms. The summed E-state index contributed by atoms with van der Waals surface area (Å²) < 4.78 is 41.2. The summed E-state index contributed by atoms with van der Waals surface area (Å²) in [6.45, 7) is 1.15. The van der Waals surface area contributed by atoms with Crippen molar-refractivity contribution in [2.75, 3.05) is 19.4 Å². The standard InChI is InChI=1S/C18H21F3N4O/c1-25(2)12-14-9-7-13(8-10-14)11-23-17(22)24-15-5-3-4-6-16(15)26-18(19,20)21/h3-10H,11-12H2,1-2H3,(H3,22,23,24). The number of hydrogen-bond acceptors (Lipinski definition) is 3. The van der Waals surface area contributed by atoms with E-state index in [1.54, 1.807) is 6.07 Å². The average molecular weight is 366 g/mol. The fourth-order valence-corrected chi connectivity index (χ4v) is 2.25. The minimum atomic E-state index is -4.78. The number of para-hydroxylation sites is 2. The number of nitrogens with zero attached hydrogens (tertiary/aromatic N) is 2. The monoisotopic (exact) mass is 366 g/mol. The summed E-state index contributed by atoms with van der Waals surface area (Å²) in [4.78, 5) is 6.22. The highest BCUT2D eigenvalue weighted by Crippen LogP contribution is 2.29. The number of alkyl halides is 3. The SMILES string of the molecule is CN(C)Cc1ccc(CN=C(N)Nc2ccccc2OC(F)(F)F)cc1. The highest BCUT2D eigenvalue weighted by Gasteiger charge is 2.32. The molecular formula is C18H21F3N4O. The van der Waals surface area contributed by atoms with E-state index in [1.807, 2.05) is 38.4 Å². The molecule has 5 nitrogen and oxygen atoms in total. The smallest absolute Gasteiger partial charge is 0.404 e. The number of nitrogens with one attached hydrogen (secondary N) is 1. The zero-order chi connectivity index (χ0) is 19.2. The maximum atomic E-state index is 12.4. The number of rotatable bonds is 6. The van der Waals surface area contributed by atoms with Crippen LogP contribution in [0, 0.1) is 0 Å². The van der Waals surface area contributed by atoms with Gasteiger partial charge in [0.05, 0.1) is 12.2 Å². The van der Waals surface area contributed by atoms with Crippen molar-refractivity contribution in [3.8, 4) is 5.75 Å². The first-order valence-electron chi connectivity index (χ1n) is 7.87. The van der Waals surface area contributed by atoms with Crippen molar-refractivity contribution in [2.45, 2.75) is 19.5 Å². The summed E-state index contributed by atoms with van der Waals surface area (Å²) >= 11 is 0. The van der Waals surface area contributed by atoms with Crippen molar-refractivity contribution in [2.24, 2.45) is 10.7 Å². The first kappa shape index (κ1) is 19.6. The minimum absolute atomic E-state index is 0.000549. The fourth-order valence-electron chi connectivity index (χ4n) is 2.25. The lowest BCUT2D eigenvalue weighted by Crippen LogP contribution is -2.24. The lowest BCUT2D eigenvalue weighted by atomic mass is 10.1. The van der Waals surface area contributed by atoms with Crippen molar-refractivity contribution >= 4 is 11.6 Å². The van der Waals surface area contributed by atoms with Crippen LogP contribution >= 0.6 is 0 Å². The Morgan fingerprint density at radius 1 is 1.08 bits per heavy atom. The van der Waals surface area contributed by atoms with Crippen LogP contribution < -0.4 is 15.8 Å². The molecule has 0 saturated carbocycles. The van der Waals surface area contributed by atoms with E-state index in [4.69, 9.17) is 5.73 Å². The number of halogens is 3. The van der Waals surface area contributed by atoms with Gasteiger partial charge in [-0.1, -0.05) is 36.4 Å². The molecule has 0 atom stereocenters. The normalized spacial score (nSPS) is 12.3. The second-order valence-corrected chi connectivity index (χ2v) is 5.92. The Bertz CT molecular complexity index is 743. The van der Waals surface area contributed by atoms with E-state index in [2.05, 4.69) is 19.9 Å². The highest BCUT2D eigenvalue weighted by atomic mass is 19.4. The number of benzene rings is 2. The van der Waals surface area contributed by atoms with Crippen LogP contribution in [-0.4, -0.2) is 31.3 Å². The molecule has 8 heteroatoms. The zero-order valence-corrected chi connectivity index (χ0v) is 14.5. The molecule has 0 bridgehead atoms. The predicted octanol–water partition coefficient (Wildman–Crippen LogP) is 3.57. The van der Waals surface area contributed by atoms with Crippen LogP contribution in [0.2, 0.25) is 0 Å². The van der Waals surface area contributed by atoms with Crippen LogP contribution in [0.5, 0.6) is 5.75 Å². The van der Waals surface area contributed by atoms with Crippen LogP contribution in [0.1, 0.15) is 11.1 Å². The zero-order valence-electron chi connectivity index (χ0n) is 14.5. The number of aliphatic imine (C=N–C) groups is 1. The van der Waals surface area contributed by atoms with Gasteiger partial charge in [0.2, 0.25) is 0 Å². The Labute approximate surface area is 150 Å². The third-order valence-electron chi connectivity index (χ3n) is 3.33. The average Bonchev–Trinajstić information content (AvgIpc) is 2.54. The lowest BCUT2D eigenvalue weighted by Gasteiger charge is -2.14. The molecule has 3 N–H and O–H groups in total. The van der Waals surface area contributed by atoms with Gasteiger partial charge in [-0.3, -0.25) is 0 Å². The topological polar surface area (TPSA) is 62.9 Å². The van der Waals surface area contributed by atoms with E-state index >= 15 is 0 Å². The van der Waals surface area contributed by atoms with E-state index in [0.717, 1.165) is 12.1 Å². The molecule has 0 aromatic heterocycles. The Kier molecular flexibility index (Phi) is 6.46. The second-order valence-electron chi connectivity index (χ2n) is 5.92. The Morgan fingerprint density at radius 3 is 2.31 bits per heavy atom. The molecule has 2 aromatic carbocycles. The number of ether oxygens (including phenoxy) is 1. The van der Waals surface area contributed by atoms with Gasteiger partial charge >= 0.3 is 6.36 Å². The van der Waals surface area contributed by atoms with Crippen LogP contribution in [-0.2, 0) is 13.1 Å². The van der Waals surface area contributed by atoms with Crippen LogP contribution in [0.3, 0.4) is 0 Å². The first-order valence-corrected chi connectivity index (χ1v) is 7.87. The maximum absolute atomic E-state index is 12.4. The van der Waals surface area contributed by atoms with Gasteiger partial charge in [-0.15, -0.1) is 13.2 Å². The lowest BCUT2D eigenvalue weighted by molar-refractivity contribution is -0.274. The van der Waals surface area contributed by atoms with Crippen LogP contribution in [0.15, 0.2) is 53.5 Å². The summed E-state index contributed by atoms with van der Waals surface area (Å²) in [7, 11) is 3.98. The largest absolute Gasteiger partial charge is 0.573 e. The Hall–Kier alpha value is -2.74. The Balaban J connectivity index is 2.00. The number of guanidine groups is 1. The van der Waals surface area contributed by atoms with E-state index in [-0.39, 0.29) is 17.4 Å². The van der Waals surface area contributed by atoms with Gasteiger partial charge in [-0.05, 0) is 37.4 Å². The van der Waals surface area contributed by atoms with Gasteiger partial charge in [-0.25, -0.2) is 4.99 Å². The summed E-state index contributed by atoms with van der Waals surface area (Å²) in [5.74, 6) is -0.369. The molecule has 0 unspecified atom stereocenters. The quantitative estimate of drug-likeness (QED) is 0.606. The molecule has 0 amide bonds. The second kappa shape index (κ2) is 8.57. The third-order valence-corrected chi connectivity index (χ3v) is 3.33. The van der Waals surface area contributed by atoms with Crippen molar-refractivity contribution in [1.29, 1.82) is 0 Å².